The highest BCUT2D eigenvalue weighted by atomic mass is 16.5. The van der Waals surface area contributed by atoms with Crippen LogP contribution < -0.4 is 15.4 Å². The van der Waals surface area contributed by atoms with Crippen LogP contribution in [0.25, 0.3) is 0 Å². The maximum atomic E-state index is 11.5. The molecule has 7 heteroatoms. The second kappa shape index (κ2) is 7.20. The lowest BCUT2D eigenvalue weighted by Crippen LogP contribution is -2.45. The number of carboxylic acid groups (broad SMARTS) is 1. The summed E-state index contributed by atoms with van der Waals surface area (Å²) in [4.78, 5) is 26.2. The Balaban J connectivity index is 2.47. The van der Waals surface area contributed by atoms with Crippen LogP contribution in [0.2, 0.25) is 0 Å². The summed E-state index contributed by atoms with van der Waals surface area (Å²) in [5.74, 6) is -0.597. The summed E-state index contributed by atoms with van der Waals surface area (Å²) in [6.07, 6.45) is 1.89. The van der Waals surface area contributed by atoms with Crippen molar-refractivity contribution < 1.29 is 19.4 Å². The number of aromatic nitrogens is 1. The van der Waals surface area contributed by atoms with Gasteiger partial charge in [-0.25, -0.2) is 14.6 Å². The fourth-order valence-electron chi connectivity index (χ4n) is 1.40. The summed E-state index contributed by atoms with van der Waals surface area (Å²) in [5, 5.41) is 13.8. The van der Waals surface area contributed by atoms with Gasteiger partial charge in [-0.05, 0) is 18.1 Å². The van der Waals surface area contributed by atoms with Crippen LogP contribution >= 0.6 is 0 Å². The van der Waals surface area contributed by atoms with Gasteiger partial charge in [0.15, 0.2) is 0 Å². The van der Waals surface area contributed by atoms with E-state index in [-0.39, 0.29) is 6.54 Å². The van der Waals surface area contributed by atoms with Crippen LogP contribution in [-0.4, -0.2) is 35.2 Å². The van der Waals surface area contributed by atoms with Gasteiger partial charge in [-0.2, -0.15) is 0 Å². The van der Waals surface area contributed by atoms with E-state index in [1.165, 1.54) is 7.11 Å². The smallest absolute Gasteiger partial charge is 0.326 e. The SMILES string of the molecule is CC[C@@H](NC(=O)NCc1ccnc(OC)c1)C(=O)O. The second-order valence-electron chi connectivity index (χ2n) is 3.83. The predicted octanol–water partition coefficient (Wildman–Crippen LogP) is 0.753. The number of carbonyl (C=O) groups is 2. The van der Waals surface area contributed by atoms with Gasteiger partial charge in [0.1, 0.15) is 6.04 Å². The highest BCUT2D eigenvalue weighted by Gasteiger charge is 2.16. The Kier molecular flexibility index (Phi) is 5.59. The van der Waals surface area contributed by atoms with Crippen LogP contribution in [0.5, 0.6) is 5.88 Å². The number of nitrogens with zero attached hydrogens (tertiary/aromatic N) is 1. The molecule has 2 amide bonds. The molecular formula is C12H17N3O4. The van der Waals surface area contributed by atoms with E-state index in [0.29, 0.717) is 12.3 Å². The summed E-state index contributed by atoms with van der Waals surface area (Å²) in [6.45, 7) is 1.95. The first kappa shape index (κ1) is 14.7. The van der Waals surface area contributed by atoms with Crippen molar-refractivity contribution in [1.82, 2.24) is 15.6 Å². The third-order valence-corrected chi connectivity index (χ3v) is 2.47. The molecule has 1 atom stereocenters. The molecule has 104 valence electrons. The van der Waals surface area contributed by atoms with Gasteiger partial charge in [0.25, 0.3) is 0 Å². The zero-order chi connectivity index (χ0) is 14.3. The van der Waals surface area contributed by atoms with Gasteiger partial charge in [-0.3, -0.25) is 0 Å². The number of methoxy groups -OCH3 is 1. The molecular weight excluding hydrogens is 250 g/mol. The molecule has 0 spiro atoms. The standard InChI is InChI=1S/C12H17N3O4/c1-3-9(11(16)17)15-12(18)14-7-8-4-5-13-10(6-8)19-2/h4-6,9H,3,7H2,1-2H3,(H,16,17)(H2,14,15,18)/t9-/m1/s1. The summed E-state index contributed by atoms with van der Waals surface area (Å²) in [5.41, 5.74) is 0.811. The number of nitrogens with one attached hydrogen (secondary N) is 2. The van der Waals surface area contributed by atoms with Crippen molar-refractivity contribution in [2.75, 3.05) is 7.11 Å². The summed E-state index contributed by atoms with van der Waals surface area (Å²) < 4.78 is 4.96. The molecule has 0 saturated carbocycles. The Bertz CT molecular complexity index is 450. The number of amides is 2. The zero-order valence-electron chi connectivity index (χ0n) is 10.8. The molecule has 0 aliphatic rings. The quantitative estimate of drug-likeness (QED) is 0.706. The lowest BCUT2D eigenvalue weighted by molar-refractivity contribution is -0.139. The summed E-state index contributed by atoms with van der Waals surface area (Å²) >= 11 is 0. The predicted molar refractivity (Wildman–Crippen MR) is 67.9 cm³/mol. The first-order chi connectivity index (χ1) is 9.06. The maximum absolute atomic E-state index is 11.5. The molecule has 1 heterocycles. The topological polar surface area (TPSA) is 101 Å². The normalized spacial score (nSPS) is 11.5. The largest absolute Gasteiger partial charge is 0.481 e. The van der Waals surface area contributed by atoms with E-state index in [4.69, 9.17) is 9.84 Å². The number of hydrogen-bond donors (Lipinski definition) is 3. The van der Waals surface area contributed by atoms with Crippen LogP contribution in [0.4, 0.5) is 4.79 Å². The Morgan fingerprint density at radius 1 is 1.53 bits per heavy atom. The minimum absolute atomic E-state index is 0.265. The van der Waals surface area contributed by atoms with Gasteiger partial charge in [-0.1, -0.05) is 6.92 Å². The lowest BCUT2D eigenvalue weighted by Gasteiger charge is -2.13. The fourth-order valence-corrected chi connectivity index (χ4v) is 1.40. The number of carboxylic acids is 1. The van der Waals surface area contributed by atoms with Crippen LogP contribution in [-0.2, 0) is 11.3 Å². The van der Waals surface area contributed by atoms with Crippen molar-refractivity contribution in [3.8, 4) is 5.88 Å². The number of aliphatic carboxylic acids is 1. The minimum Gasteiger partial charge on any atom is -0.481 e. The number of ether oxygens (including phenoxy) is 1. The summed E-state index contributed by atoms with van der Waals surface area (Å²) in [6, 6.07) is 2.02. The molecule has 0 bridgehead atoms. The molecule has 0 fully saturated rings. The molecule has 7 nitrogen and oxygen atoms in total. The molecule has 0 aliphatic carbocycles. The van der Waals surface area contributed by atoms with E-state index in [1.807, 2.05) is 0 Å². The first-order valence-corrected chi connectivity index (χ1v) is 5.83. The van der Waals surface area contributed by atoms with E-state index >= 15 is 0 Å². The maximum Gasteiger partial charge on any atom is 0.326 e. The monoisotopic (exact) mass is 267 g/mol. The third kappa shape index (κ3) is 4.82. The Morgan fingerprint density at radius 3 is 2.84 bits per heavy atom. The molecule has 19 heavy (non-hydrogen) atoms. The van der Waals surface area contributed by atoms with Crippen molar-refractivity contribution in [2.45, 2.75) is 25.9 Å². The Hall–Kier alpha value is -2.31. The number of pyridine rings is 1. The molecule has 1 aromatic rings. The molecule has 3 N–H and O–H groups in total. The number of urea groups is 1. The number of rotatable bonds is 6. The van der Waals surface area contributed by atoms with E-state index in [2.05, 4.69) is 15.6 Å². The van der Waals surface area contributed by atoms with Gasteiger partial charge >= 0.3 is 12.0 Å². The summed E-state index contributed by atoms with van der Waals surface area (Å²) in [7, 11) is 1.50. The van der Waals surface area contributed by atoms with Gasteiger partial charge in [0.2, 0.25) is 5.88 Å². The molecule has 0 unspecified atom stereocenters. The van der Waals surface area contributed by atoms with Crippen LogP contribution in [0, 0.1) is 0 Å². The fraction of sp³-hybridized carbons (Fsp3) is 0.417. The molecule has 0 aromatic carbocycles. The average Bonchev–Trinajstić information content (AvgIpc) is 2.42. The van der Waals surface area contributed by atoms with Crippen LogP contribution in [0.15, 0.2) is 18.3 Å². The van der Waals surface area contributed by atoms with Gasteiger partial charge in [-0.15, -0.1) is 0 Å². The lowest BCUT2D eigenvalue weighted by atomic mass is 10.2. The number of hydrogen-bond acceptors (Lipinski definition) is 4. The van der Waals surface area contributed by atoms with Crippen molar-refractivity contribution in [2.24, 2.45) is 0 Å². The highest BCUT2D eigenvalue weighted by Crippen LogP contribution is 2.07. The molecule has 0 radical (unpaired) electrons. The zero-order valence-corrected chi connectivity index (χ0v) is 10.8. The van der Waals surface area contributed by atoms with Crippen molar-refractivity contribution in [3.05, 3.63) is 23.9 Å². The minimum atomic E-state index is -1.05. The van der Waals surface area contributed by atoms with Gasteiger partial charge in [0, 0.05) is 18.8 Å². The first-order valence-electron chi connectivity index (χ1n) is 5.83. The molecule has 1 aromatic heterocycles. The van der Waals surface area contributed by atoms with Crippen molar-refractivity contribution in [1.29, 1.82) is 0 Å². The average molecular weight is 267 g/mol. The van der Waals surface area contributed by atoms with E-state index in [0.717, 1.165) is 5.56 Å². The van der Waals surface area contributed by atoms with E-state index in [9.17, 15) is 9.59 Å². The molecule has 0 saturated heterocycles. The van der Waals surface area contributed by atoms with Crippen molar-refractivity contribution >= 4 is 12.0 Å². The molecule has 0 aliphatic heterocycles. The second-order valence-corrected chi connectivity index (χ2v) is 3.83. The molecule has 1 rings (SSSR count). The van der Waals surface area contributed by atoms with Crippen molar-refractivity contribution in [3.63, 3.8) is 0 Å². The Labute approximate surface area is 111 Å². The number of carbonyl (C=O) groups excluding carboxylic acids is 1. The van der Waals surface area contributed by atoms with Crippen LogP contribution in [0.1, 0.15) is 18.9 Å². The van der Waals surface area contributed by atoms with Crippen LogP contribution in [0.3, 0.4) is 0 Å². The van der Waals surface area contributed by atoms with E-state index in [1.54, 1.807) is 25.3 Å². The van der Waals surface area contributed by atoms with E-state index < -0.39 is 18.0 Å². The highest BCUT2D eigenvalue weighted by molar-refractivity contribution is 5.82. The van der Waals surface area contributed by atoms with Gasteiger partial charge < -0.3 is 20.5 Å². The Morgan fingerprint density at radius 2 is 2.26 bits per heavy atom. The van der Waals surface area contributed by atoms with Gasteiger partial charge in [0.05, 0.1) is 7.11 Å². The third-order valence-electron chi connectivity index (χ3n) is 2.47.